The van der Waals surface area contributed by atoms with Crippen LogP contribution in [0.2, 0.25) is 0 Å². The molecule has 0 aromatic heterocycles. The zero-order valence-electron chi connectivity index (χ0n) is 7.84. The summed E-state index contributed by atoms with van der Waals surface area (Å²) in [5, 5.41) is 0. The summed E-state index contributed by atoms with van der Waals surface area (Å²) in [5.74, 6) is -0.261. The lowest BCUT2D eigenvalue weighted by molar-refractivity contribution is 0.610. The van der Waals surface area contributed by atoms with Crippen molar-refractivity contribution in [2.24, 2.45) is 5.73 Å². The second kappa shape index (κ2) is 5.27. The molecule has 1 rings (SSSR count). The molecule has 0 aliphatic rings. The molecular weight excluding hydrogens is 245 g/mol. The zero-order chi connectivity index (χ0) is 10.6. The van der Waals surface area contributed by atoms with Crippen LogP contribution in [-0.4, -0.2) is 0 Å². The summed E-state index contributed by atoms with van der Waals surface area (Å²) in [5.41, 5.74) is 6.70. The van der Waals surface area contributed by atoms with E-state index in [9.17, 15) is 4.39 Å². The fraction of sp³-hybridized carbons (Fsp3) is 0.273. The van der Waals surface area contributed by atoms with Crippen LogP contribution >= 0.6 is 15.9 Å². The molecule has 0 bridgehead atoms. The van der Waals surface area contributed by atoms with Crippen LogP contribution < -0.4 is 5.73 Å². The number of nitrogens with two attached hydrogens (primary N) is 1. The quantitative estimate of drug-likeness (QED) is 0.821. The number of rotatable bonds is 4. The highest BCUT2D eigenvalue weighted by Gasteiger charge is 2.07. The molecule has 0 spiro atoms. The van der Waals surface area contributed by atoms with Crippen molar-refractivity contribution in [3.63, 3.8) is 0 Å². The molecule has 0 heterocycles. The van der Waals surface area contributed by atoms with E-state index < -0.39 is 0 Å². The third kappa shape index (κ3) is 3.24. The summed E-state index contributed by atoms with van der Waals surface area (Å²) >= 11 is 3.23. The molecule has 1 atom stereocenters. The van der Waals surface area contributed by atoms with Crippen LogP contribution in [0.4, 0.5) is 4.39 Å². The van der Waals surface area contributed by atoms with E-state index in [1.807, 2.05) is 12.1 Å². The van der Waals surface area contributed by atoms with Crippen LogP contribution in [-0.2, 0) is 0 Å². The predicted octanol–water partition coefficient (Wildman–Crippen LogP) is 3.55. The molecule has 0 fully saturated rings. The van der Waals surface area contributed by atoms with Crippen molar-refractivity contribution in [2.45, 2.75) is 18.9 Å². The average Bonchev–Trinajstić information content (AvgIpc) is 2.12. The number of halogens is 2. The van der Waals surface area contributed by atoms with E-state index >= 15 is 0 Å². The Kier molecular flexibility index (Phi) is 4.29. The fourth-order valence-electron chi connectivity index (χ4n) is 1.25. The van der Waals surface area contributed by atoms with Gasteiger partial charge in [0.2, 0.25) is 0 Å². The van der Waals surface area contributed by atoms with E-state index in [-0.39, 0.29) is 11.9 Å². The average molecular weight is 258 g/mol. The Morgan fingerprint density at radius 3 is 2.79 bits per heavy atom. The first-order chi connectivity index (χ1) is 6.63. The van der Waals surface area contributed by atoms with Crippen molar-refractivity contribution in [2.75, 3.05) is 0 Å². The molecule has 0 radical (unpaired) electrons. The smallest absolute Gasteiger partial charge is 0.124 e. The van der Waals surface area contributed by atoms with Gasteiger partial charge in [-0.2, -0.15) is 0 Å². The van der Waals surface area contributed by atoms with Gasteiger partial charge in [0.1, 0.15) is 5.82 Å². The maximum absolute atomic E-state index is 13.0. The Balaban J connectivity index is 2.78. The Morgan fingerprint density at radius 1 is 1.50 bits per heavy atom. The number of benzene rings is 1. The molecule has 0 saturated heterocycles. The highest BCUT2D eigenvalue weighted by Crippen LogP contribution is 2.21. The first kappa shape index (κ1) is 11.4. The number of hydrogen-bond acceptors (Lipinski definition) is 1. The van der Waals surface area contributed by atoms with E-state index in [0.717, 1.165) is 22.9 Å². The first-order valence-electron chi connectivity index (χ1n) is 4.46. The standard InChI is InChI=1S/C11H13BrFN/c1-2-3-4-11(14)8-5-9(12)7-10(13)6-8/h2,5-7,11H,1,3-4,14H2/t11-/m1/s1. The molecule has 1 aromatic carbocycles. The summed E-state index contributed by atoms with van der Waals surface area (Å²) < 4.78 is 13.7. The van der Waals surface area contributed by atoms with Crippen LogP contribution in [0.1, 0.15) is 24.4 Å². The lowest BCUT2D eigenvalue weighted by Crippen LogP contribution is -2.10. The molecule has 76 valence electrons. The van der Waals surface area contributed by atoms with Crippen molar-refractivity contribution in [1.82, 2.24) is 0 Å². The van der Waals surface area contributed by atoms with Crippen LogP contribution in [0.3, 0.4) is 0 Å². The van der Waals surface area contributed by atoms with E-state index in [4.69, 9.17) is 5.73 Å². The molecule has 0 saturated carbocycles. The third-order valence-electron chi connectivity index (χ3n) is 1.99. The SMILES string of the molecule is C=CCC[C@@H](N)c1cc(F)cc(Br)c1. The van der Waals surface area contributed by atoms with Gasteiger partial charge in [0, 0.05) is 10.5 Å². The molecule has 0 unspecified atom stereocenters. The maximum atomic E-state index is 13.0. The monoisotopic (exact) mass is 257 g/mol. The van der Waals surface area contributed by atoms with E-state index in [1.165, 1.54) is 12.1 Å². The topological polar surface area (TPSA) is 26.0 Å². The Morgan fingerprint density at radius 2 is 2.21 bits per heavy atom. The molecular formula is C11H13BrFN. The van der Waals surface area contributed by atoms with Crippen LogP contribution in [0.5, 0.6) is 0 Å². The lowest BCUT2D eigenvalue weighted by atomic mass is 10.0. The third-order valence-corrected chi connectivity index (χ3v) is 2.45. The zero-order valence-corrected chi connectivity index (χ0v) is 9.43. The van der Waals surface area contributed by atoms with Gasteiger partial charge in [0.05, 0.1) is 0 Å². The summed E-state index contributed by atoms with van der Waals surface area (Å²) in [6.07, 6.45) is 3.45. The highest BCUT2D eigenvalue weighted by atomic mass is 79.9. The summed E-state index contributed by atoms with van der Waals surface area (Å²) in [4.78, 5) is 0. The highest BCUT2D eigenvalue weighted by molar-refractivity contribution is 9.10. The van der Waals surface area contributed by atoms with E-state index in [2.05, 4.69) is 22.5 Å². The van der Waals surface area contributed by atoms with Crippen LogP contribution in [0.25, 0.3) is 0 Å². The molecule has 0 amide bonds. The van der Waals surface area contributed by atoms with Crippen molar-refractivity contribution < 1.29 is 4.39 Å². The van der Waals surface area contributed by atoms with Crippen molar-refractivity contribution in [1.29, 1.82) is 0 Å². The molecule has 14 heavy (non-hydrogen) atoms. The molecule has 1 nitrogen and oxygen atoms in total. The van der Waals surface area contributed by atoms with Gasteiger partial charge in [-0.05, 0) is 36.6 Å². The summed E-state index contributed by atoms with van der Waals surface area (Å²) in [6, 6.07) is 4.61. The largest absolute Gasteiger partial charge is 0.324 e. The molecule has 3 heteroatoms. The van der Waals surface area contributed by atoms with Crippen molar-refractivity contribution in [3.8, 4) is 0 Å². The Bertz CT molecular complexity index is 305. The second-order valence-electron chi connectivity index (χ2n) is 3.18. The Hall–Kier alpha value is -0.670. The van der Waals surface area contributed by atoms with Crippen molar-refractivity contribution >= 4 is 15.9 Å². The van der Waals surface area contributed by atoms with Crippen molar-refractivity contribution in [3.05, 3.63) is 46.7 Å². The maximum Gasteiger partial charge on any atom is 0.124 e. The van der Waals surface area contributed by atoms with Gasteiger partial charge >= 0.3 is 0 Å². The van der Waals surface area contributed by atoms with Gasteiger partial charge in [0.15, 0.2) is 0 Å². The van der Waals surface area contributed by atoms with Gasteiger partial charge in [-0.3, -0.25) is 0 Å². The number of hydrogen-bond donors (Lipinski definition) is 1. The minimum absolute atomic E-state index is 0.125. The number of allylic oxidation sites excluding steroid dienone is 1. The fourth-order valence-corrected chi connectivity index (χ4v) is 1.74. The minimum Gasteiger partial charge on any atom is -0.324 e. The van der Waals surface area contributed by atoms with Gasteiger partial charge in [0.25, 0.3) is 0 Å². The molecule has 1 aromatic rings. The van der Waals surface area contributed by atoms with E-state index in [1.54, 1.807) is 0 Å². The normalized spacial score (nSPS) is 12.5. The summed E-state index contributed by atoms with van der Waals surface area (Å²) in [7, 11) is 0. The van der Waals surface area contributed by atoms with Gasteiger partial charge < -0.3 is 5.73 Å². The Labute approximate surface area is 91.9 Å². The molecule has 0 aliphatic carbocycles. The molecule has 0 aliphatic heterocycles. The predicted molar refractivity (Wildman–Crippen MR) is 60.5 cm³/mol. The van der Waals surface area contributed by atoms with Crippen LogP contribution in [0.15, 0.2) is 35.3 Å². The van der Waals surface area contributed by atoms with Crippen LogP contribution in [0, 0.1) is 5.82 Å². The molecule has 2 N–H and O–H groups in total. The second-order valence-corrected chi connectivity index (χ2v) is 4.09. The van der Waals surface area contributed by atoms with Gasteiger partial charge in [-0.25, -0.2) is 4.39 Å². The summed E-state index contributed by atoms with van der Waals surface area (Å²) in [6.45, 7) is 3.62. The van der Waals surface area contributed by atoms with E-state index in [0.29, 0.717) is 0 Å². The minimum atomic E-state index is -0.261. The van der Waals surface area contributed by atoms with Gasteiger partial charge in [-0.15, -0.1) is 6.58 Å². The lowest BCUT2D eigenvalue weighted by Gasteiger charge is -2.11. The first-order valence-corrected chi connectivity index (χ1v) is 5.25. The van der Waals surface area contributed by atoms with Gasteiger partial charge in [-0.1, -0.05) is 22.0 Å².